The molecular formula is C27H24ClN3O3. The summed E-state index contributed by atoms with van der Waals surface area (Å²) in [5, 5.41) is 5.67. The fraction of sp³-hybridized carbons (Fsp3) is 0.148. The highest BCUT2D eigenvalue weighted by Gasteiger charge is 2.39. The third-order valence-corrected chi connectivity index (χ3v) is 6.18. The van der Waals surface area contributed by atoms with Gasteiger partial charge in [0.05, 0.1) is 5.69 Å². The number of anilines is 3. The van der Waals surface area contributed by atoms with Crippen LogP contribution in [0.5, 0.6) is 0 Å². The Morgan fingerprint density at radius 2 is 1.47 bits per heavy atom. The Kier molecular flexibility index (Phi) is 6.26. The van der Waals surface area contributed by atoms with Gasteiger partial charge in [0.1, 0.15) is 10.7 Å². The van der Waals surface area contributed by atoms with Gasteiger partial charge < -0.3 is 10.6 Å². The van der Waals surface area contributed by atoms with Crippen LogP contribution in [0.25, 0.3) is 0 Å². The van der Waals surface area contributed by atoms with Crippen molar-refractivity contribution in [3.05, 3.63) is 99.2 Å². The summed E-state index contributed by atoms with van der Waals surface area (Å²) in [6.07, 6.45) is 0. The van der Waals surface area contributed by atoms with Gasteiger partial charge in [-0.2, -0.15) is 0 Å². The first-order valence-electron chi connectivity index (χ1n) is 10.8. The number of amides is 3. The molecule has 7 heteroatoms. The molecule has 2 N–H and O–H groups in total. The number of aryl methyl sites for hydroxylation is 4. The van der Waals surface area contributed by atoms with Crippen LogP contribution in [-0.2, 0) is 9.59 Å². The number of hydrogen-bond acceptors (Lipinski definition) is 4. The molecule has 0 fully saturated rings. The third kappa shape index (κ3) is 4.45. The molecule has 6 nitrogen and oxygen atoms in total. The maximum absolute atomic E-state index is 13.0. The topological polar surface area (TPSA) is 78.5 Å². The first-order valence-corrected chi connectivity index (χ1v) is 11.1. The second kappa shape index (κ2) is 9.15. The lowest BCUT2D eigenvalue weighted by Gasteiger charge is -2.16. The zero-order chi connectivity index (χ0) is 24.6. The minimum atomic E-state index is -0.582. The van der Waals surface area contributed by atoms with Gasteiger partial charge in [0.25, 0.3) is 17.7 Å². The van der Waals surface area contributed by atoms with Gasteiger partial charge in [-0.25, -0.2) is 4.90 Å². The fourth-order valence-corrected chi connectivity index (χ4v) is 3.84. The van der Waals surface area contributed by atoms with Crippen LogP contribution < -0.4 is 15.5 Å². The third-order valence-electron chi connectivity index (χ3n) is 5.83. The second-order valence-corrected chi connectivity index (χ2v) is 8.76. The molecule has 1 aliphatic heterocycles. The minimum Gasteiger partial charge on any atom is -0.350 e. The van der Waals surface area contributed by atoms with Gasteiger partial charge in [0.2, 0.25) is 0 Å². The average molecular weight is 474 g/mol. The molecule has 3 aromatic carbocycles. The zero-order valence-corrected chi connectivity index (χ0v) is 20.1. The SMILES string of the molecule is Cc1ccc(C)c(NC(=O)c2ccc(NC3=C(Cl)C(=O)N(c4ccc(C)c(C)c4)C3=O)cc2)c1. The first kappa shape index (κ1) is 23.3. The summed E-state index contributed by atoms with van der Waals surface area (Å²) in [5.74, 6) is -1.36. The van der Waals surface area contributed by atoms with Crippen molar-refractivity contribution in [3.8, 4) is 0 Å². The lowest BCUT2D eigenvalue weighted by molar-refractivity contribution is -0.120. The average Bonchev–Trinajstić information content (AvgIpc) is 3.01. The summed E-state index contributed by atoms with van der Waals surface area (Å²) in [5.41, 5.74) is 6.24. The fourth-order valence-electron chi connectivity index (χ4n) is 3.62. The zero-order valence-electron chi connectivity index (χ0n) is 19.3. The van der Waals surface area contributed by atoms with Gasteiger partial charge in [0.15, 0.2) is 0 Å². The molecule has 0 unspecified atom stereocenters. The molecule has 4 rings (SSSR count). The highest BCUT2D eigenvalue weighted by molar-refractivity contribution is 6.53. The van der Waals surface area contributed by atoms with E-state index < -0.39 is 11.8 Å². The number of halogens is 1. The number of carbonyl (C=O) groups excluding carboxylic acids is 3. The van der Waals surface area contributed by atoms with Crippen molar-refractivity contribution in [2.75, 3.05) is 15.5 Å². The minimum absolute atomic E-state index is 0.00233. The van der Waals surface area contributed by atoms with Crippen molar-refractivity contribution in [2.24, 2.45) is 0 Å². The van der Waals surface area contributed by atoms with E-state index in [0.717, 1.165) is 32.8 Å². The van der Waals surface area contributed by atoms with Crippen LogP contribution in [-0.4, -0.2) is 17.7 Å². The Balaban J connectivity index is 1.50. The molecule has 0 spiro atoms. The molecule has 0 atom stereocenters. The van der Waals surface area contributed by atoms with E-state index in [1.807, 2.05) is 52.0 Å². The van der Waals surface area contributed by atoms with E-state index in [-0.39, 0.29) is 16.6 Å². The van der Waals surface area contributed by atoms with E-state index >= 15 is 0 Å². The number of nitrogens with zero attached hydrogens (tertiary/aromatic N) is 1. The molecule has 3 amide bonds. The summed E-state index contributed by atoms with van der Waals surface area (Å²) < 4.78 is 0. The van der Waals surface area contributed by atoms with Crippen LogP contribution in [0.1, 0.15) is 32.6 Å². The van der Waals surface area contributed by atoms with Crippen LogP contribution >= 0.6 is 11.6 Å². The van der Waals surface area contributed by atoms with Crippen molar-refractivity contribution >= 4 is 46.4 Å². The molecule has 3 aromatic rings. The molecule has 0 saturated carbocycles. The van der Waals surface area contributed by atoms with Crippen LogP contribution in [0, 0.1) is 27.7 Å². The predicted octanol–water partition coefficient (Wildman–Crippen LogP) is 5.61. The van der Waals surface area contributed by atoms with Crippen molar-refractivity contribution < 1.29 is 14.4 Å². The summed E-state index contributed by atoms with van der Waals surface area (Å²) in [4.78, 5) is 39.4. The normalized spacial score (nSPS) is 13.5. The Bertz CT molecular complexity index is 1360. The van der Waals surface area contributed by atoms with Crippen LogP contribution in [0.4, 0.5) is 17.1 Å². The lowest BCUT2D eigenvalue weighted by Crippen LogP contribution is -2.32. The Hall–Kier alpha value is -3.90. The second-order valence-electron chi connectivity index (χ2n) is 8.38. The van der Waals surface area contributed by atoms with Gasteiger partial charge >= 0.3 is 0 Å². The maximum Gasteiger partial charge on any atom is 0.283 e. The molecule has 1 heterocycles. The first-order chi connectivity index (χ1) is 16.2. The maximum atomic E-state index is 13.0. The molecule has 0 bridgehead atoms. The van der Waals surface area contributed by atoms with Gasteiger partial charge in [-0.15, -0.1) is 0 Å². The lowest BCUT2D eigenvalue weighted by atomic mass is 10.1. The molecule has 0 aromatic heterocycles. The molecule has 0 aliphatic carbocycles. The Labute approximate surface area is 203 Å². The largest absolute Gasteiger partial charge is 0.350 e. The van der Waals surface area contributed by atoms with Gasteiger partial charge in [-0.3, -0.25) is 14.4 Å². The van der Waals surface area contributed by atoms with Crippen molar-refractivity contribution in [3.63, 3.8) is 0 Å². The standard InChI is InChI=1S/C27H24ClN3O3/c1-15-5-6-17(3)22(13-15)30-25(32)19-8-10-20(11-9-19)29-24-23(28)26(33)31(27(24)34)21-12-7-16(2)18(4)14-21/h5-14,29H,1-4H3,(H,30,32). The van der Waals surface area contributed by atoms with Gasteiger partial charge in [-0.1, -0.05) is 29.8 Å². The van der Waals surface area contributed by atoms with E-state index in [9.17, 15) is 14.4 Å². The molecule has 34 heavy (non-hydrogen) atoms. The van der Waals surface area contributed by atoms with E-state index in [2.05, 4.69) is 10.6 Å². The van der Waals surface area contributed by atoms with Crippen molar-refractivity contribution in [1.29, 1.82) is 0 Å². The highest BCUT2D eigenvalue weighted by Crippen LogP contribution is 2.31. The number of nitrogens with one attached hydrogen (secondary N) is 2. The highest BCUT2D eigenvalue weighted by atomic mass is 35.5. The predicted molar refractivity (Wildman–Crippen MR) is 135 cm³/mol. The Morgan fingerprint density at radius 1 is 0.794 bits per heavy atom. The van der Waals surface area contributed by atoms with E-state index in [0.29, 0.717) is 16.9 Å². The number of hydrogen-bond donors (Lipinski definition) is 2. The van der Waals surface area contributed by atoms with Crippen molar-refractivity contribution in [2.45, 2.75) is 27.7 Å². The monoisotopic (exact) mass is 473 g/mol. The van der Waals surface area contributed by atoms with E-state index in [4.69, 9.17) is 11.6 Å². The summed E-state index contributed by atoms with van der Waals surface area (Å²) >= 11 is 6.23. The van der Waals surface area contributed by atoms with Gasteiger partial charge in [-0.05, 0) is 92.4 Å². The summed E-state index contributed by atoms with van der Waals surface area (Å²) in [6, 6.07) is 17.8. The summed E-state index contributed by atoms with van der Waals surface area (Å²) in [7, 11) is 0. The number of rotatable bonds is 5. The van der Waals surface area contributed by atoms with Crippen LogP contribution in [0.2, 0.25) is 0 Å². The Morgan fingerprint density at radius 3 is 2.15 bits per heavy atom. The van der Waals surface area contributed by atoms with E-state index in [1.54, 1.807) is 36.4 Å². The van der Waals surface area contributed by atoms with Crippen LogP contribution in [0.15, 0.2) is 71.4 Å². The molecule has 0 saturated heterocycles. The molecular weight excluding hydrogens is 450 g/mol. The van der Waals surface area contributed by atoms with Crippen LogP contribution in [0.3, 0.4) is 0 Å². The molecule has 172 valence electrons. The quantitative estimate of drug-likeness (QED) is 0.472. The number of imide groups is 1. The molecule has 1 aliphatic rings. The van der Waals surface area contributed by atoms with Crippen molar-refractivity contribution in [1.82, 2.24) is 0 Å². The number of carbonyl (C=O) groups is 3. The van der Waals surface area contributed by atoms with Gasteiger partial charge in [0, 0.05) is 16.9 Å². The number of benzene rings is 3. The van der Waals surface area contributed by atoms with E-state index in [1.165, 1.54) is 0 Å². The summed E-state index contributed by atoms with van der Waals surface area (Å²) in [6.45, 7) is 7.76. The smallest absolute Gasteiger partial charge is 0.283 e. The molecule has 0 radical (unpaired) electrons.